The summed E-state index contributed by atoms with van der Waals surface area (Å²) in [6.45, 7) is 4.60. The molecule has 98 valence electrons. The zero-order valence-corrected chi connectivity index (χ0v) is 10.7. The Hall–Kier alpha value is -0.610. The smallest absolute Gasteiger partial charge is 0.303 e. The molecule has 3 atom stereocenters. The van der Waals surface area contributed by atoms with E-state index in [0.717, 1.165) is 12.5 Å². The first-order valence-electron chi connectivity index (χ1n) is 6.87. The van der Waals surface area contributed by atoms with E-state index in [9.17, 15) is 4.79 Å². The van der Waals surface area contributed by atoms with Gasteiger partial charge in [-0.05, 0) is 52.1 Å². The van der Waals surface area contributed by atoms with Crippen molar-refractivity contribution in [3.63, 3.8) is 0 Å². The minimum atomic E-state index is -0.690. The number of piperidine rings is 1. The normalized spacial score (nSPS) is 31.1. The van der Waals surface area contributed by atoms with Crippen LogP contribution in [0.2, 0.25) is 0 Å². The van der Waals surface area contributed by atoms with Crippen LogP contribution in [0.3, 0.4) is 0 Å². The van der Waals surface area contributed by atoms with Crippen molar-refractivity contribution >= 4 is 5.97 Å². The standard InChI is InChI=1S/C13H24N2O2/c1-10(4-5-13(16)17)14-11-6-8-15-7-2-3-12(15)9-11/h10-12,14H,2-9H2,1H3,(H,16,17). The lowest BCUT2D eigenvalue weighted by Gasteiger charge is -2.36. The quantitative estimate of drug-likeness (QED) is 0.764. The Balaban J connectivity index is 1.70. The molecule has 0 radical (unpaired) electrons. The van der Waals surface area contributed by atoms with Crippen molar-refractivity contribution in [2.45, 2.75) is 63.6 Å². The number of rotatable bonds is 5. The molecule has 2 heterocycles. The Kier molecular flexibility index (Phi) is 4.40. The third-order valence-electron chi connectivity index (χ3n) is 4.13. The second-order valence-electron chi connectivity index (χ2n) is 5.55. The molecule has 2 aliphatic heterocycles. The van der Waals surface area contributed by atoms with Crippen LogP contribution in [-0.2, 0) is 4.79 Å². The first-order chi connectivity index (χ1) is 8.15. The van der Waals surface area contributed by atoms with E-state index in [1.807, 2.05) is 0 Å². The predicted molar refractivity (Wildman–Crippen MR) is 67.1 cm³/mol. The molecule has 0 spiro atoms. The second-order valence-corrected chi connectivity index (χ2v) is 5.55. The summed E-state index contributed by atoms with van der Waals surface area (Å²) in [5.41, 5.74) is 0. The van der Waals surface area contributed by atoms with Gasteiger partial charge in [0.2, 0.25) is 0 Å². The van der Waals surface area contributed by atoms with Gasteiger partial charge in [-0.2, -0.15) is 0 Å². The van der Waals surface area contributed by atoms with Gasteiger partial charge >= 0.3 is 5.97 Å². The molecule has 0 aromatic rings. The highest BCUT2D eigenvalue weighted by atomic mass is 16.4. The van der Waals surface area contributed by atoms with Gasteiger partial charge in [-0.3, -0.25) is 4.79 Å². The van der Waals surface area contributed by atoms with Crippen LogP contribution in [0.15, 0.2) is 0 Å². The van der Waals surface area contributed by atoms with E-state index >= 15 is 0 Å². The molecule has 4 nitrogen and oxygen atoms in total. The van der Waals surface area contributed by atoms with Crippen LogP contribution in [0.4, 0.5) is 0 Å². The largest absolute Gasteiger partial charge is 0.481 e. The van der Waals surface area contributed by atoms with Gasteiger partial charge < -0.3 is 15.3 Å². The Morgan fingerprint density at radius 3 is 3.06 bits per heavy atom. The number of nitrogens with one attached hydrogen (secondary N) is 1. The molecule has 2 rings (SSSR count). The highest BCUT2D eigenvalue weighted by molar-refractivity contribution is 5.66. The predicted octanol–water partition coefficient (Wildman–Crippen LogP) is 1.46. The number of carboxylic acids is 1. The molecular weight excluding hydrogens is 216 g/mol. The number of carbonyl (C=O) groups is 1. The van der Waals surface area contributed by atoms with Crippen molar-refractivity contribution in [1.29, 1.82) is 0 Å². The van der Waals surface area contributed by atoms with Crippen LogP contribution in [0.1, 0.15) is 45.4 Å². The Bertz CT molecular complexity index is 270. The van der Waals surface area contributed by atoms with Crippen molar-refractivity contribution in [3.8, 4) is 0 Å². The topological polar surface area (TPSA) is 52.6 Å². The second kappa shape index (κ2) is 5.83. The lowest BCUT2D eigenvalue weighted by Crippen LogP contribution is -2.48. The maximum atomic E-state index is 10.5. The summed E-state index contributed by atoms with van der Waals surface area (Å²) in [4.78, 5) is 13.1. The van der Waals surface area contributed by atoms with Gasteiger partial charge in [0, 0.05) is 24.5 Å². The summed E-state index contributed by atoms with van der Waals surface area (Å²) in [5, 5.41) is 12.3. The van der Waals surface area contributed by atoms with E-state index in [1.54, 1.807) is 0 Å². The molecule has 2 aliphatic rings. The minimum absolute atomic E-state index is 0.274. The maximum Gasteiger partial charge on any atom is 0.303 e. The van der Waals surface area contributed by atoms with Crippen LogP contribution in [-0.4, -0.2) is 47.2 Å². The van der Waals surface area contributed by atoms with Crippen LogP contribution in [0.5, 0.6) is 0 Å². The van der Waals surface area contributed by atoms with Crippen molar-refractivity contribution in [1.82, 2.24) is 10.2 Å². The first kappa shape index (κ1) is 12.8. The van der Waals surface area contributed by atoms with Gasteiger partial charge in [-0.25, -0.2) is 0 Å². The summed E-state index contributed by atoms with van der Waals surface area (Å²) in [6, 6.07) is 1.70. The fraction of sp³-hybridized carbons (Fsp3) is 0.923. The van der Waals surface area contributed by atoms with Gasteiger partial charge in [-0.15, -0.1) is 0 Å². The fourth-order valence-corrected chi connectivity index (χ4v) is 3.20. The Labute approximate surface area is 103 Å². The molecule has 0 saturated carbocycles. The number of fused-ring (bicyclic) bond motifs is 1. The monoisotopic (exact) mass is 240 g/mol. The highest BCUT2D eigenvalue weighted by Gasteiger charge is 2.31. The molecule has 4 heteroatoms. The minimum Gasteiger partial charge on any atom is -0.481 e. The SMILES string of the molecule is CC(CCC(=O)O)NC1CCN2CCCC2C1. The van der Waals surface area contributed by atoms with Crippen LogP contribution >= 0.6 is 0 Å². The third-order valence-corrected chi connectivity index (χ3v) is 4.13. The molecule has 0 aromatic carbocycles. The fourth-order valence-electron chi connectivity index (χ4n) is 3.20. The average molecular weight is 240 g/mol. The summed E-state index contributed by atoms with van der Waals surface area (Å²) >= 11 is 0. The van der Waals surface area contributed by atoms with Crippen molar-refractivity contribution in [2.24, 2.45) is 0 Å². The van der Waals surface area contributed by atoms with E-state index in [0.29, 0.717) is 12.1 Å². The summed E-state index contributed by atoms with van der Waals surface area (Å²) < 4.78 is 0. The number of nitrogens with zero attached hydrogens (tertiary/aromatic N) is 1. The van der Waals surface area contributed by atoms with Crippen LogP contribution < -0.4 is 5.32 Å². The van der Waals surface area contributed by atoms with E-state index in [2.05, 4.69) is 17.1 Å². The highest BCUT2D eigenvalue weighted by Crippen LogP contribution is 2.27. The number of carboxylic acid groups (broad SMARTS) is 1. The third kappa shape index (κ3) is 3.68. The number of hydrogen-bond donors (Lipinski definition) is 2. The molecule has 3 unspecified atom stereocenters. The van der Waals surface area contributed by atoms with Gasteiger partial charge in [0.25, 0.3) is 0 Å². The van der Waals surface area contributed by atoms with E-state index in [1.165, 1.54) is 38.8 Å². The lowest BCUT2D eigenvalue weighted by atomic mass is 9.96. The molecule has 0 amide bonds. The summed E-state index contributed by atoms with van der Waals surface area (Å²) in [7, 11) is 0. The molecule has 0 aliphatic carbocycles. The molecule has 2 saturated heterocycles. The Morgan fingerprint density at radius 2 is 2.29 bits per heavy atom. The van der Waals surface area contributed by atoms with Crippen molar-refractivity contribution in [3.05, 3.63) is 0 Å². The summed E-state index contributed by atoms with van der Waals surface area (Å²) in [5.74, 6) is -0.690. The average Bonchev–Trinajstić information content (AvgIpc) is 2.73. The molecule has 2 fully saturated rings. The van der Waals surface area contributed by atoms with E-state index in [-0.39, 0.29) is 6.42 Å². The van der Waals surface area contributed by atoms with E-state index in [4.69, 9.17) is 5.11 Å². The molecular formula is C13H24N2O2. The van der Waals surface area contributed by atoms with E-state index < -0.39 is 5.97 Å². The molecule has 17 heavy (non-hydrogen) atoms. The molecule has 2 N–H and O–H groups in total. The van der Waals surface area contributed by atoms with Crippen molar-refractivity contribution in [2.75, 3.05) is 13.1 Å². The van der Waals surface area contributed by atoms with Gasteiger partial charge in [-0.1, -0.05) is 0 Å². The first-order valence-corrected chi connectivity index (χ1v) is 6.87. The number of hydrogen-bond acceptors (Lipinski definition) is 3. The van der Waals surface area contributed by atoms with Gasteiger partial charge in [0.1, 0.15) is 0 Å². The Morgan fingerprint density at radius 1 is 1.47 bits per heavy atom. The lowest BCUT2D eigenvalue weighted by molar-refractivity contribution is -0.137. The maximum absolute atomic E-state index is 10.5. The van der Waals surface area contributed by atoms with Crippen molar-refractivity contribution < 1.29 is 9.90 Å². The summed E-state index contributed by atoms with van der Waals surface area (Å²) in [6.07, 6.45) is 6.18. The van der Waals surface area contributed by atoms with Gasteiger partial charge in [0.05, 0.1) is 0 Å². The van der Waals surface area contributed by atoms with Crippen LogP contribution in [0.25, 0.3) is 0 Å². The zero-order chi connectivity index (χ0) is 12.3. The van der Waals surface area contributed by atoms with Crippen LogP contribution in [0, 0.1) is 0 Å². The number of aliphatic carboxylic acids is 1. The van der Waals surface area contributed by atoms with Gasteiger partial charge in [0.15, 0.2) is 0 Å². The molecule has 0 aromatic heterocycles. The molecule has 0 bridgehead atoms. The zero-order valence-electron chi connectivity index (χ0n) is 10.7.